The number of thioether (sulfide) groups is 1. The molecule has 0 aromatic carbocycles. The highest BCUT2D eigenvalue weighted by Gasteiger charge is 2.25. The van der Waals surface area contributed by atoms with Crippen LogP contribution < -0.4 is 0 Å². The predicted molar refractivity (Wildman–Crippen MR) is 52.9 cm³/mol. The maximum absolute atomic E-state index is 9.76. The lowest BCUT2D eigenvalue weighted by molar-refractivity contribution is 0.137. The molecule has 1 aromatic heterocycles. The lowest BCUT2D eigenvalue weighted by Gasteiger charge is -2.25. The Hall–Kier alpha value is -0.620. The number of aliphatic hydroxyl groups excluding tert-OH is 1. The van der Waals surface area contributed by atoms with Crippen LogP contribution in [-0.2, 0) is 7.05 Å². The molecule has 5 nitrogen and oxygen atoms in total. The summed E-state index contributed by atoms with van der Waals surface area (Å²) in [5.74, 6) is 0. The summed E-state index contributed by atoms with van der Waals surface area (Å²) in [5.41, 5.74) is 0. The Bertz CT molecular complexity index is 303. The Labute approximate surface area is 86.9 Å². The zero-order valence-corrected chi connectivity index (χ0v) is 8.94. The molecule has 2 atom stereocenters. The zero-order valence-electron chi connectivity index (χ0n) is 8.13. The average Bonchev–Trinajstić information content (AvgIpc) is 2.56. The average molecular weight is 214 g/mol. The molecule has 1 heterocycles. The molecule has 0 bridgehead atoms. The van der Waals surface area contributed by atoms with Gasteiger partial charge in [0.1, 0.15) is 0 Å². The molecule has 1 fully saturated rings. The van der Waals surface area contributed by atoms with E-state index in [0.717, 1.165) is 24.4 Å². The van der Waals surface area contributed by atoms with Gasteiger partial charge in [-0.2, -0.15) is 0 Å². The van der Waals surface area contributed by atoms with E-state index in [1.54, 1.807) is 16.4 Å². The molecule has 1 aliphatic rings. The molecule has 1 aliphatic carbocycles. The van der Waals surface area contributed by atoms with Crippen molar-refractivity contribution in [1.82, 2.24) is 20.2 Å². The molecular weight excluding hydrogens is 200 g/mol. The number of aromatic nitrogens is 4. The molecule has 6 heteroatoms. The summed E-state index contributed by atoms with van der Waals surface area (Å²) in [5, 5.41) is 22.0. The largest absolute Gasteiger partial charge is 0.392 e. The summed E-state index contributed by atoms with van der Waals surface area (Å²) in [4.78, 5) is 0. The van der Waals surface area contributed by atoms with Crippen molar-refractivity contribution < 1.29 is 5.11 Å². The third-order valence-electron chi connectivity index (χ3n) is 2.51. The van der Waals surface area contributed by atoms with Gasteiger partial charge in [0.15, 0.2) is 0 Å². The van der Waals surface area contributed by atoms with Gasteiger partial charge in [-0.25, -0.2) is 4.68 Å². The van der Waals surface area contributed by atoms with E-state index >= 15 is 0 Å². The van der Waals surface area contributed by atoms with Crippen LogP contribution >= 0.6 is 11.8 Å². The summed E-state index contributed by atoms with van der Waals surface area (Å²) in [7, 11) is 1.82. The number of hydrogen-bond acceptors (Lipinski definition) is 5. The summed E-state index contributed by atoms with van der Waals surface area (Å²) >= 11 is 1.58. The van der Waals surface area contributed by atoms with E-state index in [4.69, 9.17) is 0 Å². The summed E-state index contributed by atoms with van der Waals surface area (Å²) in [6.07, 6.45) is 4.09. The Kier molecular flexibility index (Phi) is 3.02. The normalized spacial score (nSPS) is 27.9. The minimum absolute atomic E-state index is 0.203. The van der Waals surface area contributed by atoms with Crippen molar-refractivity contribution >= 4 is 11.8 Å². The topological polar surface area (TPSA) is 63.8 Å². The summed E-state index contributed by atoms with van der Waals surface area (Å²) in [6.45, 7) is 0. The van der Waals surface area contributed by atoms with Crippen LogP contribution in [0.5, 0.6) is 0 Å². The minimum atomic E-state index is -0.203. The van der Waals surface area contributed by atoms with E-state index in [1.165, 1.54) is 6.42 Å². The second kappa shape index (κ2) is 4.27. The number of hydrogen-bond donors (Lipinski definition) is 1. The van der Waals surface area contributed by atoms with E-state index in [0.29, 0.717) is 0 Å². The third-order valence-corrected chi connectivity index (χ3v) is 3.92. The van der Waals surface area contributed by atoms with Gasteiger partial charge in [-0.05, 0) is 23.3 Å². The van der Waals surface area contributed by atoms with Crippen molar-refractivity contribution in [2.75, 3.05) is 0 Å². The Morgan fingerprint density at radius 2 is 2.21 bits per heavy atom. The highest BCUT2D eigenvalue weighted by Crippen LogP contribution is 2.32. The number of rotatable bonds is 2. The zero-order chi connectivity index (χ0) is 9.97. The molecule has 0 aliphatic heterocycles. The van der Waals surface area contributed by atoms with Gasteiger partial charge in [-0.3, -0.25) is 0 Å². The fourth-order valence-corrected chi connectivity index (χ4v) is 2.79. The first kappa shape index (κ1) is 9.92. The highest BCUT2D eigenvalue weighted by molar-refractivity contribution is 7.99. The first-order valence-corrected chi connectivity index (χ1v) is 5.72. The fourth-order valence-electron chi connectivity index (χ4n) is 1.67. The monoisotopic (exact) mass is 214 g/mol. The molecule has 1 saturated carbocycles. The van der Waals surface area contributed by atoms with Crippen molar-refractivity contribution in [2.24, 2.45) is 7.05 Å². The maximum Gasteiger partial charge on any atom is 0.209 e. The number of aryl methyl sites for hydroxylation is 1. The van der Waals surface area contributed by atoms with Crippen molar-refractivity contribution in [3.05, 3.63) is 0 Å². The molecule has 78 valence electrons. The van der Waals surface area contributed by atoms with E-state index in [-0.39, 0.29) is 11.4 Å². The number of nitrogens with zero attached hydrogens (tertiary/aromatic N) is 4. The molecule has 2 rings (SSSR count). The SMILES string of the molecule is Cn1nnnc1S[C@@H]1CCCC[C@H]1O. The van der Waals surface area contributed by atoms with Gasteiger partial charge in [-0.1, -0.05) is 24.6 Å². The van der Waals surface area contributed by atoms with Gasteiger partial charge in [0, 0.05) is 12.3 Å². The van der Waals surface area contributed by atoms with E-state index in [9.17, 15) is 5.11 Å². The first-order valence-electron chi connectivity index (χ1n) is 4.84. The third kappa shape index (κ3) is 2.06. The second-order valence-electron chi connectivity index (χ2n) is 3.59. The van der Waals surface area contributed by atoms with Gasteiger partial charge < -0.3 is 5.11 Å². The summed E-state index contributed by atoms with van der Waals surface area (Å²) < 4.78 is 1.64. The van der Waals surface area contributed by atoms with Gasteiger partial charge in [0.05, 0.1) is 6.10 Å². The Morgan fingerprint density at radius 3 is 2.86 bits per heavy atom. The standard InChI is InChI=1S/C8H14N4OS/c1-12-8(9-10-11-12)14-7-5-3-2-4-6(7)13/h6-7,13H,2-5H2,1H3/t6-,7-/m1/s1. The number of aliphatic hydroxyl groups is 1. The molecule has 0 spiro atoms. The molecule has 1 aromatic rings. The molecule has 1 N–H and O–H groups in total. The van der Waals surface area contributed by atoms with Crippen LogP contribution in [0.15, 0.2) is 5.16 Å². The lowest BCUT2D eigenvalue weighted by atomic mass is 9.97. The van der Waals surface area contributed by atoms with Crippen LogP contribution in [0.4, 0.5) is 0 Å². The molecule has 0 radical (unpaired) electrons. The second-order valence-corrected chi connectivity index (χ2v) is 4.80. The smallest absolute Gasteiger partial charge is 0.209 e. The quantitative estimate of drug-likeness (QED) is 0.781. The molecular formula is C8H14N4OS. The van der Waals surface area contributed by atoms with Crippen LogP contribution in [0.2, 0.25) is 0 Å². The highest BCUT2D eigenvalue weighted by atomic mass is 32.2. The van der Waals surface area contributed by atoms with E-state index in [1.807, 2.05) is 7.05 Å². The molecule has 0 unspecified atom stereocenters. The Morgan fingerprint density at radius 1 is 1.43 bits per heavy atom. The van der Waals surface area contributed by atoms with Crippen LogP contribution in [0.1, 0.15) is 25.7 Å². The Balaban J connectivity index is 1.99. The molecule has 0 amide bonds. The van der Waals surface area contributed by atoms with Gasteiger partial charge in [-0.15, -0.1) is 5.10 Å². The van der Waals surface area contributed by atoms with E-state index < -0.39 is 0 Å². The molecule has 14 heavy (non-hydrogen) atoms. The van der Waals surface area contributed by atoms with Crippen LogP contribution in [0.3, 0.4) is 0 Å². The molecule has 0 saturated heterocycles. The van der Waals surface area contributed by atoms with Crippen molar-refractivity contribution in [2.45, 2.75) is 42.2 Å². The van der Waals surface area contributed by atoms with Crippen LogP contribution in [0.25, 0.3) is 0 Å². The van der Waals surface area contributed by atoms with Crippen LogP contribution in [-0.4, -0.2) is 36.7 Å². The minimum Gasteiger partial charge on any atom is -0.392 e. The maximum atomic E-state index is 9.76. The van der Waals surface area contributed by atoms with Crippen molar-refractivity contribution in [3.63, 3.8) is 0 Å². The van der Waals surface area contributed by atoms with Crippen molar-refractivity contribution in [3.8, 4) is 0 Å². The first-order chi connectivity index (χ1) is 6.77. The van der Waals surface area contributed by atoms with Gasteiger partial charge in [0.25, 0.3) is 0 Å². The van der Waals surface area contributed by atoms with E-state index in [2.05, 4.69) is 15.5 Å². The number of tetrazole rings is 1. The van der Waals surface area contributed by atoms with Crippen molar-refractivity contribution in [1.29, 1.82) is 0 Å². The van der Waals surface area contributed by atoms with Crippen LogP contribution in [0, 0.1) is 0 Å². The lowest BCUT2D eigenvalue weighted by Crippen LogP contribution is -2.27. The predicted octanol–water partition coefficient (Wildman–Crippen LogP) is 0.606. The van der Waals surface area contributed by atoms with Gasteiger partial charge >= 0.3 is 0 Å². The van der Waals surface area contributed by atoms with Gasteiger partial charge in [0.2, 0.25) is 5.16 Å². The summed E-state index contributed by atoms with van der Waals surface area (Å²) in [6, 6.07) is 0. The fraction of sp³-hybridized carbons (Fsp3) is 0.875.